The summed E-state index contributed by atoms with van der Waals surface area (Å²) >= 11 is 6.09. The predicted molar refractivity (Wildman–Crippen MR) is 107 cm³/mol. The summed E-state index contributed by atoms with van der Waals surface area (Å²) in [5.74, 6) is 1.90. The van der Waals surface area contributed by atoms with Crippen LogP contribution >= 0.6 is 11.6 Å². The van der Waals surface area contributed by atoms with Gasteiger partial charge in [0.1, 0.15) is 11.6 Å². The lowest BCUT2D eigenvalue weighted by Crippen LogP contribution is -2.10. The predicted octanol–water partition coefficient (Wildman–Crippen LogP) is 5.36. The van der Waals surface area contributed by atoms with Crippen LogP contribution in [0.15, 0.2) is 54.6 Å². The normalized spacial score (nSPS) is 11.7. The average Bonchev–Trinajstić information content (AvgIpc) is 2.62. The zero-order valence-electron chi connectivity index (χ0n) is 15.0. The molecule has 0 fully saturated rings. The molecule has 2 aromatic carbocycles. The van der Waals surface area contributed by atoms with Crippen molar-refractivity contribution in [2.24, 2.45) is 0 Å². The van der Waals surface area contributed by atoms with E-state index in [9.17, 15) is 0 Å². The van der Waals surface area contributed by atoms with Gasteiger partial charge in [-0.2, -0.15) is 4.98 Å². The van der Waals surface area contributed by atoms with E-state index in [0.717, 1.165) is 11.5 Å². The van der Waals surface area contributed by atoms with E-state index in [0.29, 0.717) is 22.4 Å². The first-order valence-electron chi connectivity index (χ1n) is 8.33. The van der Waals surface area contributed by atoms with E-state index in [1.165, 1.54) is 5.56 Å². The summed E-state index contributed by atoms with van der Waals surface area (Å²) < 4.78 is 5.36. The molecule has 0 aliphatic heterocycles. The zero-order chi connectivity index (χ0) is 18.5. The molecule has 1 heterocycles. The van der Waals surface area contributed by atoms with Crippen LogP contribution in [-0.2, 0) is 0 Å². The molecule has 3 rings (SSSR count). The SMILES string of the molecule is COc1ccc(Cl)cc1Nc1nc(C)cc(NC(C)c2ccccc2)n1. The highest BCUT2D eigenvalue weighted by Crippen LogP contribution is 2.30. The second kappa shape index (κ2) is 8.06. The Morgan fingerprint density at radius 1 is 1.04 bits per heavy atom. The molecule has 0 aliphatic carbocycles. The number of aryl methyl sites for hydroxylation is 1. The molecule has 1 unspecified atom stereocenters. The van der Waals surface area contributed by atoms with Crippen molar-refractivity contribution < 1.29 is 4.74 Å². The molecule has 0 saturated carbocycles. The molecule has 0 aliphatic rings. The van der Waals surface area contributed by atoms with Crippen LogP contribution in [-0.4, -0.2) is 17.1 Å². The highest BCUT2D eigenvalue weighted by atomic mass is 35.5. The minimum Gasteiger partial charge on any atom is -0.495 e. The summed E-state index contributed by atoms with van der Waals surface area (Å²) in [6.45, 7) is 4.03. The number of halogens is 1. The Kier molecular flexibility index (Phi) is 5.58. The van der Waals surface area contributed by atoms with E-state index in [1.54, 1.807) is 25.3 Å². The Balaban J connectivity index is 1.83. The molecule has 6 heteroatoms. The molecule has 0 bridgehead atoms. The second-order valence-corrected chi connectivity index (χ2v) is 6.40. The van der Waals surface area contributed by atoms with E-state index in [-0.39, 0.29) is 6.04 Å². The quantitative estimate of drug-likeness (QED) is 0.613. The van der Waals surface area contributed by atoms with Crippen LogP contribution in [0.5, 0.6) is 5.75 Å². The van der Waals surface area contributed by atoms with Gasteiger partial charge in [-0.1, -0.05) is 41.9 Å². The van der Waals surface area contributed by atoms with Gasteiger partial charge in [0.15, 0.2) is 0 Å². The standard InChI is InChI=1S/C20H21ClN4O/c1-13-11-19(23-14(2)15-7-5-4-6-8-15)25-20(22-13)24-17-12-16(21)9-10-18(17)26-3/h4-12,14H,1-3H3,(H2,22,23,24,25). The molecule has 26 heavy (non-hydrogen) atoms. The van der Waals surface area contributed by atoms with Crippen LogP contribution < -0.4 is 15.4 Å². The van der Waals surface area contributed by atoms with E-state index in [4.69, 9.17) is 16.3 Å². The number of hydrogen-bond donors (Lipinski definition) is 2. The number of hydrogen-bond acceptors (Lipinski definition) is 5. The van der Waals surface area contributed by atoms with Crippen molar-refractivity contribution in [2.75, 3.05) is 17.7 Å². The Hall–Kier alpha value is -2.79. The first-order valence-corrected chi connectivity index (χ1v) is 8.70. The smallest absolute Gasteiger partial charge is 0.229 e. The molecule has 0 spiro atoms. The van der Waals surface area contributed by atoms with Crippen LogP contribution in [0.4, 0.5) is 17.5 Å². The maximum absolute atomic E-state index is 6.09. The fourth-order valence-corrected chi connectivity index (χ4v) is 2.82. The number of methoxy groups -OCH3 is 1. The lowest BCUT2D eigenvalue weighted by Gasteiger charge is -2.16. The number of anilines is 3. The maximum atomic E-state index is 6.09. The van der Waals surface area contributed by atoms with Gasteiger partial charge >= 0.3 is 0 Å². The van der Waals surface area contributed by atoms with Crippen molar-refractivity contribution >= 4 is 29.1 Å². The first kappa shape index (κ1) is 18.0. The van der Waals surface area contributed by atoms with Crippen LogP contribution in [0.1, 0.15) is 24.2 Å². The summed E-state index contributed by atoms with van der Waals surface area (Å²) in [6, 6.07) is 17.6. The van der Waals surface area contributed by atoms with Crippen LogP contribution in [0.3, 0.4) is 0 Å². The maximum Gasteiger partial charge on any atom is 0.229 e. The number of rotatable bonds is 6. The number of benzene rings is 2. The van der Waals surface area contributed by atoms with Crippen molar-refractivity contribution in [1.82, 2.24) is 9.97 Å². The third kappa shape index (κ3) is 4.43. The van der Waals surface area contributed by atoms with Crippen LogP contribution in [0.2, 0.25) is 5.02 Å². The van der Waals surface area contributed by atoms with Gasteiger partial charge in [0, 0.05) is 22.8 Å². The van der Waals surface area contributed by atoms with Gasteiger partial charge in [0.05, 0.1) is 12.8 Å². The van der Waals surface area contributed by atoms with Gasteiger partial charge in [-0.25, -0.2) is 4.98 Å². The molecule has 2 N–H and O–H groups in total. The second-order valence-electron chi connectivity index (χ2n) is 5.96. The van der Waals surface area contributed by atoms with Gasteiger partial charge in [-0.15, -0.1) is 0 Å². The Bertz CT molecular complexity index is 886. The number of nitrogens with zero attached hydrogens (tertiary/aromatic N) is 2. The summed E-state index contributed by atoms with van der Waals surface area (Å²) in [7, 11) is 1.61. The summed E-state index contributed by atoms with van der Waals surface area (Å²) in [6.07, 6.45) is 0. The van der Waals surface area contributed by atoms with Crippen LogP contribution in [0.25, 0.3) is 0 Å². The fraction of sp³-hybridized carbons (Fsp3) is 0.200. The summed E-state index contributed by atoms with van der Waals surface area (Å²) in [5, 5.41) is 7.21. The van der Waals surface area contributed by atoms with E-state index < -0.39 is 0 Å². The molecule has 134 valence electrons. The van der Waals surface area contributed by atoms with Crippen molar-refractivity contribution in [1.29, 1.82) is 0 Å². The summed E-state index contributed by atoms with van der Waals surface area (Å²) in [5.41, 5.74) is 2.76. The molecule has 1 atom stereocenters. The Labute approximate surface area is 158 Å². The van der Waals surface area contributed by atoms with Crippen LogP contribution in [0, 0.1) is 6.92 Å². The Morgan fingerprint density at radius 3 is 2.54 bits per heavy atom. The van der Waals surface area contributed by atoms with Gasteiger partial charge in [-0.3, -0.25) is 0 Å². The molecule has 0 radical (unpaired) electrons. The van der Waals surface area contributed by atoms with Gasteiger partial charge < -0.3 is 15.4 Å². The van der Waals surface area contributed by atoms with Gasteiger partial charge in [-0.05, 0) is 37.6 Å². The highest BCUT2D eigenvalue weighted by Gasteiger charge is 2.10. The van der Waals surface area contributed by atoms with E-state index in [1.807, 2.05) is 31.2 Å². The van der Waals surface area contributed by atoms with Crippen molar-refractivity contribution in [3.63, 3.8) is 0 Å². The monoisotopic (exact) mass is 368 g/mol. The minimum atomic E-state index is 0.124. The molecule has 1 aromatic heterocycles. The van der Waals surface area contributed by atoms with Crippen molar-refractivity contribution in [3.05, 3.63) is 70.9 Å². The lowest BCUT2D eigenvalue weighted by molar-refractivity contribution is 0.417. The lowest BCUT2D eigenvalue weighted by atomic mass is 10.1. The van der Waals surface area contributed by atoms with Crippen molar-refractivity contribution in [2.45, 2.75) is 19.9 Å². The summed E-state index contributed by atoms with van der Waals surface area (Å²) in [4.78, 5) is 9.02. The molecule has 3 aromatic rings. The largest absolute Gasteiger partial charge is 0.495 e. The molecule has 0 saturated heterocycles. The van der Waals surface area contributed by atoms with Gasteiger partial charge in [0.25, 0.3) is 0 Å². The molecular formula is C20H21ClN4O. The van der Waals surface area contributed by atoms with E-state index >= 15 is 0 Å². The molecule has 0 amide bonds. The average molecular weight is 369 g/mol. The first-order chi connectivity index (χ1) is 12.5. The fourth-order valence-electron chi connectivity index (χ4n) is 2.64. The minimum absolute atomic E-state index is 0.124. The number of ether oxygens (including phenoxy) is 1. The Morgan fingerprint density at radius 2 is 1.81 bits per heavy atom. The zero-order valence-corrected chi connectivity index (χ0v) is 15.7. The van der Waals surface area contributed by atoms with Gasteiger partial charge in [0.2, 0.25) is 5.95 Å². The molecule has 5 nitrogen and oxygen atoms in total. The number of aromatic nitrogens is 2. The van der Waals surface area contributed by atoms with E-state index in [2.05, 4.69) is 39.7 Å². The third-order valence-electron chi connectivity index (χ3n) is 3.93. The highest BCUT2D eigenvalue weighted by molar-refractivity contribution is 6.31. The topological polar surface area (TPSA) is 59.1 Å². The number of nitrogens with one attached hydrogen (secondary N) is 2. The van der Waals surface area contributed by atoms with Crippen molar-refractivity contribution in [3.8, 4) is 5.75 Å². The molecular weight excluding hydrogens is 348 g/mol. The third-order valence-corrected chi connectivity index (χ3v) is 4.16.